The van der Waals surface area contributed by atoms with Crippen LogP contribution in [0.25, 0.3) is 0 Å². The van der Waals surface area contributed by atoms with Gasteiger partial charge >= 0.3 is 0 Å². The third-order valence-corrected chi connectivity index (χ3v) is 8.40. The van der Waals surface area contributed by atoms with E-state index in [2.05, 4.69) is 5.32 Å². The van der Waals surface area contributed by atoms with Crippen molar-refractivity contribution in [2.24, 2.45) is 0 Å². The second-order valence-corrected chi connectivity index (χ2v) is 11.0. The van der Waals surface area contributed by atoms with Gasteiger partial charge in [-0.15, -0.1) is 0 Å². The predicted molar refractivity (Wildman–Crippen MR) is 147 cm³/mol. The average Bonchev–Trinajstić information content (AvgIpc) is 2.90. The minimum absolute atomic E-state index is 0.0177. The Bertz CT molecular complexity index is 1370. The first-order valence-corrected chi connectivity index (χ1v) is 14.1. The van der Waals surface area contributed by atoms with E-state index in [0.717, 1.165) is 4.31 Å². The van der Waals surface area contributed by atoms with E-state index in [0.29, 0.717) is 12.1 Å². The zero-order valence-corrected chi connectivity index (χ0v) is 23.2. The summed E-state index contributed by atoms with van der Waals surface area (Å²) in [4.78, 5) is 28.0. The van der Waals surface area contributed by atoms with Crippen molar-refractivity contribution in [2.45, 2.75) is 37.8 Å². The van der Waals surface area contributed by atoms with Gasteiger partial charge in [-0.25, -0.2) is 12.8 Å². The van der Waals surface area contributed by atoms with Crippen LogP contribution in [0, 0.1) is 5.82 Å². The van der Waals surface area contributed by atoms with Crippen molar-refractivity contribution in [3.63, 3.8) is 0 Å². The zero-order chi connectivity index (χ0) is 27.9. The number of carbonyl (C=O) groups is 2. The highest BCUT2D eigenvalue weighted by molar-refractivity contribution is 7.92. The lowest BCUT2D eigenvalue weighted by Gasteiger charge is -2.33. The molecular formula is C27H28Cl2FN3O4S. The highest BCUT2D eigenvalue weighted by atomic mass is 35.5. The van der Waals surface area contributed by atoms with E-state index in [1.807, 2.05) is 0 Å². The maximum absolute atomic E-state index is 13.9. The minimum atomic E-state index is -4.27. The van der Waals surface area contributed by atoms with Crippen LogP contribution in [-0.4, -0.2) is 44.3 Å². The molecule has 11 heteroatoms. The first-order valence-electron chi connectivity index (χ1n) is 11.9. The molecule has 38 heavy (non-hydrogen) atoms. The van der Waals surface area contributed by atoms with Crippen molar-refractivity contribution in [2.75, 3.05) is 17.4 Å². The fourth-order valence-electron chi connectivity index (χ4n) is 3.92. The lowest BCUT2D eigenvalue weighted by atomic mass is 10.1. The van der Waals surface area contributed by atoms with Crippen molar-refractivity contribution in [1.82, 2.24) is 10.2 Å². The molecule has 1 atom stereocenters. The standard InChI is InChI=1S/C27H28Cl2FN3O4S/c1-3-23(27(35)31-4-2)32(17-19-13-15-20(30)16-14-19)25(34)18-33(24-12-8-11-22(28)26(24)29)38(36,37)21-9-6-5-7-10-21/h5-16,23H,3-4,17-18H2,1-2H3,(H,31,35)/t23-/m0/s1. The molecule has 3 aromatic carbocycles. The number of rotatable bonds is 11. The molecule has 0 heterocycles. The third kappa shape index (κ3) is 6.83. The number of anilines is 1. The van der Waals surface area contributed by atoms with Crippen molar-refractivity contribution < 1.29 is 22.4 Å². The van der Waals surface area contributed by atoms with Crippen LogP contribution in [0.15, 0.2) is 77.7 Å². The monoisotopic (exact) mass is 579 g/mol. The van der Waals surface area contributed by atoms with Crippen LogP contribution in [0.1, 0.15) is 25.8 Å². The van der Waals surface area contributed by atoms with Gasteiger partial charge in [-0.1, -0.05) is 66.5 Å². The van der Waals surface area contributed by atoms with Gasteiger partial charge in [-0.05, 0) is 55.3 Å². The summed E-state index contributed by atoms with van der Waals surface area (Å²) >= 11 is 12.6. The number of nitrogens with zero attached hydrogens (tertiary/aromatic N) is 2. The Balaban J connectivity index is 2.09. The molecule has 0 spiro atoms. The second kappa shape index (κ2) is 13.1. The van der Waals surface area contributed by atoms with Gasteiger partial charge in [0, 0.05) is 13.1 Å². The lowest BCUT2D eigenvalue weighted by Crippen LogP contribution is -2.52. The number of carbonyl (C=O) groups excluding carboxylic acids is 2. The van der Waals surface area contributed by atoms with E-state index >= 15 is 0 Å². The number of halogens is 3. The smallest absolute Gasteiger partial charge is 0.264 e. The number of benzene rings is 3. The Labute approximate surface area is 232 Å². The minimum Gasteiger partial charge on any atom is -0.355 e. The van der Waals surface area contributed by atoms with Gasteiger partial charge in [0.05, 0.1) is 20.6 Å². The Morgan fingerprint density at radius 3 is 2.21 bits per heavy atom. The molecule has 0 saturated carbocycles. The maximum atomic E-state index is 13.9. The van der Waals surface area contributed by atoms with Crippen LogP contribution in [0.4, 0.5) is 10.1 Å². The molecule has 3 aromatic rings. The molecule has 0 aromatic heterocycles. The number of hydrogen-bond acceptors (Lipinski definition) is 4. The second-order valence-electron chi connectivity index (χ2n) is 8.36. The van der Waals surface area contributed by atoms with Crippen LogP contribution in [0.2, 0.25) is 10.0 Å². The van der Waals surface area contributed by atoms with Gasteiger partial charge in [-0.2, -0.15) is 0 Å². The lowest BCUT2D eigenvalue weighted by molar-refractivity contribution is -0.140. The summed E-state index contributed by atoms with van der Waals surface area (Å²) in [5.41, 5.74) is 0.588. The molecule has 7 nitrogen and oxygen atoms in total. The summed E-state index contributed by atoms with van der Waals surface area (Å²) in [6.45, 7) is 3.15. The Morgan fingerprint density at radius 2 is 1.61 bits per heavy atom. The molecule has 0 radical (unpaired) electrons. The SMILES string of the molecule is CCNC(=O)[C@H](CC)N(Cc1ccc(F)cc1)C(=O)CN(c1cccc(Cl)c1Cl)S(=O)(=O)c1ccccc1. The van der Waals surface area contributed by atoms with E-state index in [1.54, 1.807) is 32.0 Å². The molecule has 0 aliphatic rings. The first-order chi connectivity index (χ1) is 18.1. The molecule has 0 aliphatic heterocycles. The number of hydrogen-bond donors (Lipinski definition) is 1. The number of likely N-dealkylation sites (N-methyl/N-ethyl adjacent to an activating group) is 1. The van der Waals surface area contributed by atoms with Crippen LogP contribution in [0.5, 0.6) is 0 Å². The normalized spacial score (nSPS) is 12.0. The maximum Gasteiger partial charge on any atom is 0.264 e. The summed E-state index contributed by atoms with van der Waals surface area (Å²) in [5.74, 6) is -1.48. The highest BCUT2D eigenvalue weighted by Crippen LogP contribution is 2.35. The molecule has 0 bridgehead atoms. The van der Waals surface area contributed by atoms with Crippen LogP contribution >= 0.6 is 23.2 Å². The van der Waals surface area contributed by atoms with Crippen molar-refractivity contribution >= 4 is 50.7 Å². The number of nitrogens with one attached hydrogen (secondary N) is 1. The van der Waals surface area contributed by atoms with Crippen LogP contribution in [-0.2, 0) is 26.2 Å². The molecule has 202 valence electrons. The fourth-order valence-corrected chi connectivity index (χ4v) is 5.81. The van der Waals surface area contributed by atoms with Gasteiger partial charge in [0.25, 0.3) is 10.0 Å². The largest absolute Gasteiger partial charge is 0.355 e. The van der Waals surface area contributed by atoms with Crippen LogP contribution in [0.3, 0.4) is 0 Å². The Morgan fingerprint density at radius 1 is 0.947 bits per heavy atom. The van der Waals surface area contributed by atoms with E-state index < -0.39 is 34.3 Å². The summed E-state index contributed by atoms with van der Waals surface area (Å²) < 4.78 is 41.9. The van der Waals surface area contributed by atoms with E-state index in [-0.39, 0.29) is 39.5 Å². The molecule has 0 fully saturated rings. The van der Waals surface area contributed by atoms with Gasteiger partial charge in [-0.3, -0.25) is 13.9 Å². The molecule has 2 amide bonds. The summed E-state index contributed by atoms with van der Waals surface area (Å²) in [6.07, 6.45) is 0.266. The predicted octanol–water partition coefficient (Wildman–Crippen LogP) is 5.27. The highest BCUT2D eigenvalue weighted by Gasteiger charge is 2.34. The number of sulfonamides is 1. The van der Waals surface area contributed by atoms with Gasteiger partial charge < -0.3 is 10.2 Å². The van der Waals surface area contributed by atoms with Crippen molar-refractivity contribution in [1.29, 1.82) is 0 Å². The van der Waals surface area contributed by atoms with E-state index in [4.69, 9.17) is 23.2 Å². The molecule has 3 rings (SSSR count). The molecule has 1 N–H and O–H groups in total. The summed E-state index contributed by atoms with van der Waals surface area (Å²) in [7, 11) is -4.27. The topological polar surface area (TPSA) is 86.8 Å². The van der Waals surface area contributed by atoms with E-state index in [1.165, 1.54) is 59.5 Å². The fraction of sp³-hybridized carbons (Fsp3) is 0.259. The molecule has 0 aliphatic carbocycles. The molecular weight excluding hydrogens is 552 g/mol. The summed E-state index contributed by atoms with van der Waals surface area (Å²) in [5, 5.41) is 2.79. The zero-order valence-electron chi connectivity index (χ0n) is 20.9. The quantitative estimate of drug-likeness (QED) is 0.335. The summed E-state index contributed by atoms with van der Waals surface area (Å²) in [6, 6.07) is 16.7. The third-order valence-electron chi connectivity index (χ3n) is 5.81. The first kappa shape index (κ1) is 29.4. The van der Waals surface area contributed by atoms with Gasteiger partial charge in [0.1, 0.15) is 18.4 Å². The molecule has 0 saturated heterocycles. The van der Waals surface area contributed by atoms with E-state index in [9.17, 15) is 22.4 Å². The average molecular weight is 581 g/mol. The Hall–Kier alpha value is -3.14. The van der Waals surface area contributed by atoms with Gasteiger partial charge in [0.2, 0.25) is 11.8 Å². The van der Waals surface area contributed by atoms with Gasteiger partial charge in [0.15, 0.2) is 0 Å². The molecule has 0 unspecified atom stereocenters. The number of amides is 2. The Kier molecular flexibility index (Phi) is 10.1. The van der Waals surface area contributed by atoms with Crippen molar-refractivity contribution in [3.05, 3.63) is 94.2 Å². The van der Waals surface area contributed by atoms with Crippen LogP contribution < -0.4 is 9.62 Å². The van der Waals surface area contributed by atoms with Crippen molar-refractivity contribution in [3.8, 4) is 0 Å².